The molecule has 1 fully saturated rings. The Hall–Kier alpha value is -1.78. The lowest BCUT2D eigenvalue weighted by atomic mass is 10.1. The minimum Gasteiger partial charge on any atom is -0.386 e. The quantitative estimate of drug-likeness (QED) is 0.623. The minimum absolute atomic E-state index is 0.173. The van der Waals surface area contributed by atoms with Gasteiger partial charge in [-0.3, -0.25) is 5.41 Å². The van der Waals surface area contributed by atoms with Crippen LogP contribution in [0.2, 0.25) is 0 Å². The van der Waals surface area contributed by atoms with E-state index in [2.05, 4.69) is 11.2 Å². The molecule has 1 aliphatic rings. The van der Waals surface area contributed by atoms with Crippen LogP contribution in [0, 0.1) is 5.41 Å². The van der Waals surface area contributed by atoms with E-state index in [4.69, 9.17) is 11.1 Å². The van der Waals surface area contributed by atoms with E-state index >= 15 is 0 Å². The number of hydrogen-bond donors (Lipinski definition) is 2. The highest BCUT2D eigenvalue weighted by molar-refractivity contribution is 5.77. The van der Waals surface area contributed by atoms with Crippen molar-refractivity contribution in [2.45, 2.75) is 38.1 Å². The Morgan fingerprint density at radius 2 is 2.18 bits per heavy atom. The molecule has 17 heavy (non-hydrogen) atoms. The molecular weight excluding hydrogens is 214 g/mol. The molecule has 3 rings (SSSR count). The van der Waals surface area contributed by atoms with Gasteiger partial charge in [-0.25, -0.2) is 4.52 Å². The average molecular weight is 231 g/mol. The molecule has 5 heteroatoms. The molecule has 0 aromatic carbocycles. The molecule has 0 aliphatic heterocycles. The zero-order valence-electron chi connectivity index (χ0n) is 9.76. The van der Waals surface area contributed by atoms with Gasteiger partial charge in [0.2, 0.25) is 0 Å². The fourth-order valence-electron chi connectivity index (χ4n) is 2.69. The van der Waals surface area contributed by atoms with Gasteiger partial charge in [0, 0.05) is 24.4 Å². The number of aromatic nitrogens is 3. The van der Waals surface area contributed by atoms with Crippen molar-refractivity contribution < 1.29 is 0 Å². The Morgan fingerprint density at radius 1 is 1.41 bits per heavy atom. The van der Waals surface area contributed by atoms with Crippen molar-refractivity contribution in [1.29, 1.82) is 5.41 Å². The van der Waals surface area contributed by atoms with Crippen molar-refractivity contribution in [2.75, 3.05) is 0 Å². The van der Waals surface area contributed by atoms with Gasteiger partial charge in [-0.15, -0.1) is 0 Å². The summed E-state index contributed by atoms with van der Waals surface area (Å²) in [6.07, 6.45) is 9.00. The zero-order valence-corrected chi connectivity index (χ0v) is 9.76. The second-order valence-corrected chi connectivity index (χ2v) is 4.80. The van der Waals surface area contributed by atoms with Gasteiger partial charge in [0.1, 0.15) is 11.5 Å². The van der Waals surface area contributed by atoms with Crippen LogP contribution in [0.25, 0.3) is 5.65 Å². The molecule has 0 atom stereocenters. The van der Waals surface area contributed by atoms with Crippen LogP contribution >= 0.6 is 0 Å². The van der Waals surface area contributed by atoms with Gasteiger partial charge >= 0.3 is 0 Å². The van der Waals surface area contributed by atoms with Crippen molar-refractivity contribution in [3.05, 3.63) is 24.2 Å². The molecule has 1 aliphatic carbocycles. The summed E-state index contributed by atoms with van der Waals surface area (Å²) in [6.45, 7) is 0.437. The van der Waals surface area contributed by atoms with Crippen molar-refractivity contribution in [2.24, 2.45) is 5.73 Å². The second kappa shape index (κ2) is 3.91. The van der Waals surface area contributed by atoms with E-state index in [1.165, 1.54) is 31.4 Å². The maximum absolute atomic E-state index is 7.35. The monoisotopic (exact) mass is 231 g/mol. The first-order chi connectivity index (χ1) is 8.24. The van der Waals surface area contributed by atoms with Crippen LogP contribution in [0.5, 0.6) is 0 Å². The first kappa shape index (κ1) is 10.4. The summed E-state index contributed by atoms with van der Waals surface area (Å²) in [5.74, 6) is 0.799. The summed E-state index contributed by atoms with van der Waals surface area (Å²) < 4.78 is 3.85. The second-order valence-electron chi connectivity index (χ2n) is 4.80. The molecule has 2 aromatic rings. The Labute approximate surface area is 99.7 Å². The first-order valence-corrected chi connectivity index (χ1v) is 6.11. The van der Waals surface area contributed by atoms with E-state index in [1.54, 1.807) is 0 Å². The Bertz CT molecular complexity index is 544. The van der Waals surface area contributed by atoms with Crippen LogP contribution in [0.4, 0.5) is 0 Å². The third-order valence-corrected chi connectivity index (χ3v) is 3.53. The van der Waals surface area contributed by atoms with Crippen molar-refractivity contribution in [1.82, 2.24) is 14.2 Å². The molecule has 1 saturated carbocycles. The Balaban J connectivity index is 1.95. The van der Waals surface area contributed by atoms with Crippen molar-refractivity contribution in [3.8, 4) is 0 Å². The fourth-order valence-corrected chi connectivity index (χ4v) is 2.69. The summed E-state index contributed by atoms with van der Waals surface area (Å²) in [6, 6.07) is 2.14. The maximum atomic E-state index is 7.35. The highest BCUT2D eigenvalue weighted by Gasteiger charge is 2.20. The highest BCUT2D eigenvalue weighted by atomic mass is 15.3. The Morgan fingerprint density at radius 3 is 2.88 bits per heavy atom. The number of nitrogens with two attached hydrogens (primary N) is 1. The third kappa shape index (κ3) is 1.81. The van der Waals surface area contributed by atoms with Crippen LogP contribution in [0.3, 0.4) is 0 Å². The molecule has 0 radical (unpaired) electrons. The van der Waals surface area contributed by atoms with Crippen molar-refractivity contribution >= 4 is 11.5 Å². The summed E-state index contributed by atoms with van der Waals surface area (Å²) in [4.78, 5) is 0. The predicted molar refractivity (Wildman–Crippen MR) is 66.3 cm³/mol. The molecule has 90 valence electrons. The zero-order chi connectivity index (χ0) is 11.8. The predicted octanol–water partition coefficient (Wildman–Crippen LogP) is 1.73. The van der Waals surface area contributed by atoms with E-state index in [0.717, 1.165) is 5.65 Å². The van der Waals surface area contributed by atoms with Gasteiger partial charge in [-0.1, -0.05) is 12.8 Å². The first-order valence-electron chi connectivity index (χ1n) is 6.11. The summed E-state index contributed by atoms with van der Waals surface area (Å²) >= 11 is 0. The molecular formula is C12H17N5. The number of nitrogens with zero attached hydrogens (tertiary/aromatic N) is 3. The van der Waals surface area contributed by atoms with Crippen LogP contribution < -0.4 is 5.73 Å². The van der Waals surface area contributed by atoms with Crippen molar-refractivity contribution in [3.63, 3.8) is 0 Å². The standard InChI is InChI=1S/C12H17N5/c13-11(14)8-16-5-6-17-12(16)7-10(15-17)9-3-1-2-4-9/h5-7,9H,1-4,8H2,(H3,13,14). The largest absolute Gasteiger partial charge is 0.386 e. The number of hydrogen-bond acceptors (Lipinski definition) is 2. The van der Waals surface area contributed by atoms with E-state index in [-0.39, 0.29) is 5.84 Å². The SMILES string of the molecule is N=C(N)Cn1ccn2nc(C3CCCC3)cc12. The third-order valence-electron chi connectivity index (χ3n) is 3.53. The van der Waals surface area contributed by atoms with Gasteiger partial charge in [0.05, 0.1) is 12.2 Å². The van der Waals surface area contributed by atoms with E-state index in [9.17, 15) is 0 Å². The molecule has 0 amide bonds. The number of imidazole rings is 1. The average Bonchev–Trinajstić information content (AvgIpc) is 2.93. The lowest BCUT2D eigenvalue weighted by molar-refractivity contribution is 0.685. The normalized spacial score (nSPS) is 16.9. The minimum atomic E-state index is 0.173. The highest BCUT2D eigenvalue weighted by Crippen LogP contribution is 2.33. The summed E-state index contributed by atoms with van der Waals surface area (Å²) in [5.41, 5.74) is 7.66. The molecule has 0 unspecified atom stereocenters. The van der Waals surface area contributed by atoms with Crippen LogP contribution in [-0.2, 0) is 6.54 Å². The number of amidine groups is 1. The lowest BCUT2D eigenvalue weighted by Crippen LogP contribution is -2.17. The smallest absolute Gasteiger partial charge is 0.136 e. The summed E-state index contributed by atoms with van der Waals surface area (Å²) in [7, 11) is 0. The van der Waals surface area contributed by atoms with Gasteiger partial charge in [0.15, 0.2) is 0 Å². The molecule has 2 heterocycles. The van der Waals surface area contributed by atoms with E-state index in [0.29, 0.717) is 12.5 Å². The van der Waals surface area contributed by atoms with Gasteiger partial charge in [-0.2, -0.15) is 5.10 Å². The molecule has 5 nitrogen and oxygen atoms in total. The molecule has 3 N–H and O–H groups in total. The number of rotatable bonds is 3. The van der Waals surface area contributed by atoms with E-state index in [1.807, 2.05) is 21.5 Å². The van der Waals surface area contributed by atoms with Crippen LogP contribution in [0.1, 0.15) is 37.3 Å². The topological polar surface area (TPSA) is 72.1 Å². The summed E-state index contributed by atoms with van der Waals surface area (Å²) in [5, 5.41) is 12.0. The lowest BCUT2D eigenvalue weighted by Gasteiger charge is -2.03. The van der Waals surface area contributed by atoms with Gasteiger partial charge in [0.25, 0.3) is 0 Å². The molecule has 2 aromatic heterocycles. The maximum Gasteiger partial charge on any atom is 0.136 e. The molecule has 0 bridgehead atoms. The number of fused-ring (bicyclic) bond motifs is 1. The molecule has 0 saturated heterocycles. The fraction of sp³-hybridized carbons (Fsp3) is 0.500. The van der Waals surface area contributed by atoms with Gasteiger partial charge in [-0.05, 0) is 12.8 Å². The van der Waals surface area contributed by atoms with Crippen LogP contribution in [-0.4, -0.2) is 20.0 Å². The number of nitrogens with one attached hydrogen (secondary N) is 1. The van der Waals surface area contributed by atoms with Gasteiger partial charge < -0.3 is 10.3 Å². The Kier molecular flexibility index (Phi) is 2.39. The molecule has 0 spiro atoms. The van der Waals surface area contributed by atoms with Crippen LogP contribution in [0.15, 0.2) is 18.5 Å². The van der Waals surface area contributed by atoms with E-state index < -0.39 is 0 Å².